The molecule has 0 aliphatic carbocycles. The molecule has 229 valence electrons. The number of nitrogens with zero attached hydrogens (tertiary/aromatic N) is 1. The Bertz CT molecular complexity index is 2000. The molecule has 5 heteroatoms. The van der Waals surface area contributed by atoms with Crippen molar-refractivity contribution in [2.75, 3.05) is 0 Å². The second-order valence-electron chi connectivity index (χ2n) is 13.5. The van der Waals surface area contributed by atoms with E-state index in [2.05, 4.69) is 80.6 Å². The minimum absolute atomic E-state index is 0. The molecule has 0 saturated heterocycles. The van der Waals surface area contributed by atoms with Gasteiger partial charge in [-0.2, -0.15) is 0 Å². The molecule has 0 fully saturated rings. The zero-order valence-corrected chi connectivity index (χ0v) is 29.1. The number of rotatable bonds is 3. The van der Waals surface area contributed by atoms with Crippen molar-refractivity contribution in [1.29, 1.82) is 0 Å². The van der Waals surface area contributed by atoms with Crippen molar-refractivity contribution >= 4 is 49.3 Å². The number of benzene rings is 4. The van der Waals surface area contributed by atoms with Gasteiger partial charge in [-0.05, 0) is 45.3 Å². The maximum absolute atomic E-state index is 11.5. The van der Waals surface area contributed by atoms with Crippen molar-refractivity contribution in [2.45, 2.75) is 61.3 Å². The van der Waals surface area contributed by atoms with Crippen LogP contribution in [0, 0.1) is 16.9 Å². The summed E-state index contributed by atoms with van der Waals surface area (Å²) >= 11 is 0. The first-order chi connectivity index (χ1) is 20.3. The maximum Gasteiger partial charge on any atom is 0.164 e. The molecule has 0 unspecified atom stereocenters. The quantitative estimate of drug-likeness (QED) is 0.0844. The van der Waals surface area contributed by atoms with Crippen LogP contribution < -0.4 is 0 Å². The number of ketones is 1. The van der Waals surface area contributed by atoms with Crippen molar-refractivity contribution in [3.63, 3.8) is 0 Å². The van der Waals surface area contributed by atoms with Crippen LogP contribution in [0.3, 0.4) is 0 Å². The molecule has 1 radical (unpaired) electrons. The van der Waals surface area contributed by atoms with Gasteiger partial charge in [-0.15, -0.1) is 17.7 Å². The van der Waals surface area contributed by atoms with Crippen molar-refractivity contribution in [1.82, 2.24) is 4.98 Å². The van der Waals surface area contributed by atoms with Crippen LogP contribution in [0.4, 0.5) is 0 Å². The van der Waals surface area contributed by atoms with Gasteiger partial charge in [0.25, 0.3) is 0 Å². The largest absolute Gasteiger partial charge is 0.512 e. The predicted octanol–water partition coefficient (Wildman–Crippen LogP) is 11.0. The van der Waals surface area contributed by atoms with Crippen LogP contribution in [-0.4, -0.2) is 15.9 Å². The molecule has 4 nitrogen and oxygen atoms in total. The number of furan rings is 1. The molecule has 4 aromatic carbocycles. The SMILES string of the molecule is CC(C)(C)C(=O)/C=C(\O)C(C)(C)C.CC(C)c1[c-]c(-c2nccc3c2ccc2ccccc23)cc2c1oc1ccccc12.[Ir]. The first kappa shape index (κ1) is 33.1. The molecule has 0 atom stereocenters. The molecule has 0 bridgehead atoms. The molecule has 2 heterocycles. The van der Waals surface area contributed by atoms with E-state index in [1.807, 2.05) is 59.9 Å². The number of carbonyl (C=O) groups is 1. The number of allylic oxidation sites excluding steroid dienone is 2. The monoisotopic (exact) mass is 763 g/mol. The predicted molar refractivity (Wildman–Crippen MR) is 180 cm³/mol. The molecule has 0 amide bonds. The van der Waals surface area contributed by atoms with Gasteiger partial charge in [-0.3, -0.25) is 4.79 Å². The van der Waals surface area contributed by atoms with Gasteiger partial charge in [-0.25, -0.2) is 0 Å². The number of hydrogen-bond acceptors (Lipinski definition) is 4. The first-order valence-electron chi connectivity index (χ1n) is 14.9. The molecule has 0 aliphatic rings. The first-order valence-corrected chi connectivity index (χ1v) is 14.9. The van der Waals surface area contributed by atoms with Gasteiger partial charge in [-0.1, -0.05) is 121 Å². The number of aliphatic hydroxyl groups excluding tert-OH is 1. The normalized spacial score (nSPS) is 12.4. The summed E-state index contributed by atoms with van der Waals surface area (Å²) in [5.74, 6) is 0.399. The average Bonchev–Trinajstić information content (AvgIpc) is 3.34. The van der Waals surface area contributed by atoms with E-state index in [1.54, 1.807) is 0 Å². The molecule has 1 N–H and O–H groups in total. The molecule has 44 heavy (non-hydrogen) atoms. The summed E-state index contributed by atoms with van der Waals surface area (Å²) in [6.45, 7) is 15.5. The van der Waals surface area contributed by atoms with Crippen LogP contribution in [0.1, 0.15) is 66.9 Å². The molecule has 0 aliphatic heterocycles. The number of carbonyl (C=O) groups excluding carboxylic acids is 1. The maximum atomic E-state index is 11.5. The van der Waals surface area contributed by atoms with Crippen LogP contribution in [0.2, 0.25) is 0 Å². The third-order valence-electron chi connectivity index (χ3n) is 7.72. The molecule has 6 aromatic rings. The van der Waals surface area contributed by atoms with Gasteiger partial charge in [0.15, 0.2) is 5.78 Å². The smallest absolute Gasteiger partial charge is 0.164 e. The average molecular weight is 763 g/mol. The van der Waals surface area contributed by atoms with Gasteiger partial charge >= 0.3 is 0 Å². The molecule has 0 spiro atoms. The van der Waals surface area contributed by atoms with Crippen LogP contribution in [0.15, 0.2) is 95.2 Å². The second kappa shape index (κ2) is 12.7. The van der Waals surface area contributed by atoms with Crippen molar-refractivity contribution in [3.8, 4) is 11.3 Å². The molecule has 6 rings (SSSR count). The third-order valence-corrected chi connectivity index (χ3v) is 7.72. The van der Waals surface area contributed by atoms with E-state index < -0.39 is 5.41 Å². The Hall–Kier alpha value is -3.79. The number of fused-ring (bicyclic) bond motifs is 6. The Labute approximate surface area is 273 Å². The Balaban J connectivity index is 0.000000271. The fraction of sp³-hybridized carbons (Fsp3) is 0.282. The minimum Gasteiger partial charge on any atom is -0.512 e. The van der Waals surface area contributed by atoms with Crippen molar-refractivity contribution in [3.05, 3.63) is 102 Å². The number of aromatic nitrogens is 1. The zero-order chi connectivity index (χ0) is 31.1. The molecule has 2 aromatic heterocycles. The third kappa shape index (κ3) is 6.65. The van der Waals surface area contributed by atoms with Gasteiger partial charge < -0.3 is 14.5 Å². The van der Waals surface area contributed by atoms with E-state index in [-0.39, 0.29) is 37.1 Å². The molecular formula is C39H40IrNO3-. The van der Waals surface area contributed by atoms with Crippen molar-refractivity contribution < 1.29 is 34.4 Å². The Morgan fingerprint density at radius 3 is 2.14 bits per heavy atom. The zero-order valence-electron chi connectivity index (χ0n) is 26.7. The summed E-state index contributed by atoms with van der Waals surface area (Å²) in [7, 11) is 0. The Morgan fingerprint density at radius 2 is 1.48 bits per heavy atom. The summed E-state index contributed by atoms with van der Waals surface area (Å²) in [5.41, 5.74) is 4.15. The van der Waals surface area contributed by atoms with E-state index in [1.165, 1.54) is 22.2 Å². The molecule has 0 saturated carbocycles. The molecular weight excluding hydrogens is 723 g/mol. The number of aliphatic hydroxyl groups is 1. The topological polar surface area (TPSA) is 63.3 Å². The van der Waals surface area contributed by atoms with E-state index in [0.717, 1.165) is 44.1 Å². The van der Waals surface area contributed by atoms with Crippen LogP contribution in [0.25, 0.3) is 54.7 Å². The van der Waals surface area contributed by atoms with Crippen molar-refractivity contribution in [2.24, 2.45) is 10.8 Å². The number of hydrogen-bond donors (Lipinski definition) is 1. The van der Waals surface area contributed by atoms with Gasteiger partial charge in [0.1, 0.15) is 11.3 Å². The number of para-hydroxylation sites is 1. The minimum atomic E-state index is -0.417. The van der Waals surface area contributed by atoms with Crippen LogP contribution in [0.5, 0.6) is 0 Å². The van der Waals surface area contributed by atoms with Crippen LogP contribution in [-0.2, 0) is 24.9 Å². The second-order valence-corrected chi connectivity index (χ2v) is 13.5. The van der Waals surface area contributed by atoms with Gasteiger partial charge in [0.2, 0.25) is 0 Å². The summed E-state index contributed by atoms with van der Waals surface area (Å²) in [6, 6.07) is 29.0. The Morgan fingerprint density at radius 1 is 0.818 bits per heavy atom. The Kier molecular flexibility index (Phi) is 9.54. The standard InChI is InChI=1S/C28H20NO.C11H20O2.Ir/c1-17(2)24-15-19(16-25-22-9-5-6-10-26(22)30-28(24)25)27-23-12-11-18-7-3-4-8-20(18)21(23)13-14-29-27;1-10(2,3)8(12)7-9(13)11(4,5)6;/h3-14,16-17H,1-2H3;7,12H,1-6H3;/q-1;;/b;8-7-;. The fourth-order valence-electron chi connectivity index (χ4n) is 5.03. The summed E-state index contributed by atoms with van der Waals surface area (Å²) in [5, 5.41) is 16.7. The van der Waals surface area contributed by atoms with E-state index in [4.69, 9.17) is 9.40 Å². The number of pyridine rings is 1. The summed E-state index contributed by atoms with van der Waals surface area (Å²) < 4.78 is 6.23. The van der Waals surface area contributed by atoms with Gasteiger partial charge in [0.05, 0.1) is 5.58 Å². The summed E-state index contributed by atoms with van der Waals surface area (Å²) in [4.78, 5) is 16.3. The van der Waals surface area contributed by atoms with Crippen LogP contribution >= 0.6 is 0 Å². The summed E-state index contributed by atoms with van der Waals surface area (Å²) in [6.07, 6.45) is 3.24. The van der Waals surface area contributed by atoms with E-state index in [0.29, 0.717) is 5.92 Å². The van der Waals surface area contributed by atoms with E-state index in [9.17, 15) is 9.90 Å². The van der Waals surface area contributed by atoms with E-state index >= 15 is 0 Å². The fourth-order valence-corrected chi connectivity index (χ4v) is 5.03. The van der Waals surface area contributed by atoms with Gasteiger partial charge in [0, 0.05) is 48.6 Å².